The highest BCUT2D eigenvalue weighted by Gasteiger charge is 2.70. The zero-order chi connectivity index (χ0) is 32.5. The van der Waals surface area contributed by atoms with Crippen molar-refractivity contribution in [3.05, 3.63) is 22.8 Å². The van der Waals surface area contributed by atoms with Crippen LogP contribution in [0.25, 0.3) is 0 Å². The molecule has 3 N–H and O–H groups in total. The number of allylic oxidation sites excluding steroid dienone is 2. The second-order valence-electron chi connectivity index (χ2n) is 13.0. The minimum atomic E-state index is -2.85. The number of ether oxygens (including phenoxy) is 1. The molecular weight excluding hydrogens is 468 g/mol. The van der Waals surface area contributed by atoms with Crippen LogP contribution in [-0.4, -0.2) is 45.6 Å². The number of hydrogen-bond donors (Lipinski definition) is 3. The Kier molecular flexibility index (Phi) is 5.63. The Hall–Kier alpha value is -1.66. The number of carboxylic acids is 1. The summed E-state index contributed by atoms with van der Waals surface area (Å²) in [6.45, 7) is 4.24. The van der Waals surface area contributed by atoms with Gasteiger partial charge in [-0.1, -0.05) is 39.3 Å². The first kappa shape index (κ1) is 21.2. The molecule has 0 aliphatic heterocycles. The quantitative estimate of drug-likeness (QED) is 0.244. The Morgan fingerprint density at radius 2 is 1.81 bits per heavy atom. The predicted octanol–water partition coefficient (Wildman–Crippen LogP) is 5.67. The van der Waals surface area contributed by atoms with E-state index in [1.54, 1.807) is 0 Å². The van der Waals surface area contributed by atoms with Crippen molar-refractivity contribution in [2.45, 2.75) is 118 Å². The number of aliphatic carboxylic acids is 1. The van der Waals surface area contributed by atoms with Crippen LogP contribution in [0.2, 0.25) is 0 Å². The number of fused-ring (bicyclic) bond motifs is 5. The van der Waals surface area contributed by atoms with Gasteiger partial charge in [0.2, 0.25) is 0 Å². The summed E-state index contributed by atoms with van der Waals surface area (Å²) >= 11 is 0. The third-order valence-corrected chi connectivity index (χ3v) is 11.4. The second-order valence-corrected chi connectivity index (χ2v) is 13.0. The van der Waals surface area contributed by atoms with Gasteiger partial charge in [-0.25, -0.2) is 4.79 Å². The Labute approximate surface area is 231 Å². The van der Waals surface area contributed by atoms with Crippen molar-refractivity contribution in [1.82, 2.24) is 0 Å². The number of hydrogen-bond acceptors (Lipinski definition) is 5. The van der Waals surface area contributed by atoms with Gasteiger partial charge in [0.25, 0.3) is 0 Å². The maximum atomic E-state index is 12.8. The molecule has 0 aromatic heterocycles. The highest BCUT2D eigenvalue weighted by Crippen LogP contribution is 2.74. The van der Waals surface area contributed by atoms with Gasteiger partial charge >= 0.3 is 11.9 Å². The van der Waals surface area contributed by atoms with Crippen molar-refractivity contribution in [3.8, 4) is 0 Å². The van der Waals surface area contributed by atoms with Gasteiger partial charge in [0.15, 0.2) is 0 Å². The second kappa shape index (κ2) is 9.82. The number of carbonyl (C=O) groups is 2. The van der Waals surface area contributed by atoms with E-state index in [0.29, 0.717) is 24.8 Å². The van der Waals surface area contributed by atoms with Gasteiger partial charge in [0.05, 0.1) is 12.2 Å². The highest BCUT2D eigenvalue weighted by molar-refractivity contribution is 5.88. The van der Waals surface area contributed by atoms with Crippen LogP contribution in [0.5, 0.6) is 0 Å². The lowest BCUT2D eigenvalue weighted by atomic mass is 9.36. The average Bonchev–Trinajstić information content (AvgIpc) is 3.11. The third kappa shape index (κ3) is 4.40. The van der Waals surface area contributed by atoms with E-state index in [-0.39, 0.29) is 47.7 Å². The zero-order valence-electron chi connectivity index (χ0n) is 28.8. The fourth-order valence-corrected chi connectivity index (χ4v) is 9.64. The molecule has 0 spiro atoms. The molecule has 37 heavy (non-hydrogen) atoms. The van der Waals surface area contributed by atoms with Crippen LogP contribution >= 0.6 is 0 Å². The maximum absolute atomic E-state index is 12.8. The van der Waals surface area contributed by atoms with E-state index in [0.717, 1.165) is 25.3 Å². The van der Waals surface area contributed by atoms with E-state index >= 15 is 0 Å². The molecule has 0 radical (unpaired) electrons. The van der Waals surface area contributed by atoms with Crippen LogP contribution in [0, 0.1) is 39.9 Å². The van der Waals surface area contributed by atoms with Crippen molar-refractivity contribution in [1.29, 1.82) is 0 Å². The van der Waals surface area contributed by atoms with Gasteiger partial charge in [-0.15, -0.1) is 0 Å². The molecule has 4 saturated carbocycles. The van der Waals surface area contributed by atoms with Crippen molar-refractivity contribution in [3.63, 3.8) is 0 Å². The van der Waals surface area contributed by atoms with Crippen LogP contribution < -0.4 is 0 Å². The smallest absolute Gasteiger partial charge is 0.331 e. The highest BCUT2D eigenvalue weighted by atomic mass is 16.5. The lowest BCUT2D eigenvalue weighted by Gasteiger charge is -2.69. The first-order chi connectivity index (χ1) is 19.6. The monoisotopic (exact) mass is 522 g/mol. The van der Waals surface area contributed by atoms with Gasteiger partial charge in [0.1, 0.15) is 6.10 Å². The van der Waals surface area contributed by atoms with Crippen LogP contribution in [0.3, 0.4) is 0 Å². The Bertz CT molecular complexity index is 1180. The standard InChI is InChI=1S/C31H48O6/c1-17(2)9-8-10-20(28(35)36)26-22-15-24(34)27-29(5)13-12-23(33)18(3)21(29)11-14-30(27,6)31(22,7)16-25(26)37-19(4)32/h9,18,21-25,27,33-34H,8,10-16H2,1-7H3,(H,35,36)/b26-20+/t18-,21?,22+,23+,24+,25-,27+,29-,30-,31-/m0/s1/i1D3,2D3. The van der Waals surface area contributed by atoms with E-state index < -0.39 is 60.2 Å². The Morgan fingerprint density at radius 1 is 1.11 bits per heavy atom. The summed E-state index contributed by atoms with van der Waals surface area (Å²) in [6.07, 6.45) is 2.69. The molecule has 1 unspecified atom stereocenters. The summed E-state index contributed by atoms with van der Waals surface area (Å²) in [5.41, 5.74) is -1.43. The number of carboxylic acid groups (broad SMARTS) is 1. The van der Waals surface area contributed by atoms with Crippen molar-refractivity contribution >= 4 is 11.9 Å². The molecule has 208 valence electrons. The molecule has 4 fully saturated rings. The van der Waals surface area contributed by atoms with Crippen LogP contribution in [0.15, 0.2) is 22.8 Å². The molecule has 0 aromatic rings. The van der Waals surface area contributed by atoms with Gasteiger partial charge in [-0.2, -0.15) is 0 Å². The maximum Gasteiger partial charge on any atom is 0.331 e. The normalized spacial score (nSPS) is 49.3. The summed E-state index contributed by atoms with van der Waals surface area (Å²) in [5, 5.41) is 33.1. The van der Waals surface area contributed by atoms with Crippen LogP contribution in [0.4, 0.5) is 0 Å². The molecular formula is C31H48O6. The lowest BCUT2D eigenvalue weighted by molar-refractivity contribution is -0.234. The van der Waals surface area contributed by atoms with E-state index in [2.05, 4.69) is 27.7 Å². The summed E-state index contributed by atoms with van der Waals surface area (Å²) in [7, 11) is 0. The first-order valence-corrected chi connectivity index (χ1v) is 13.8. The number of aliphatic hydroxyl groups is 2. The topological polar surface area (TPSA) is 104 Å². The van der Waals surface area contributed by atoms with Gasteiger partial charge < -0.3 is 20.1 Å². The minimum absolute atomic E-state index is 0.0183. The summed E-state index contributed by atoms with van der Waals surface area (Å²) in [5.74, 6) is -1.92. The van der Waals surface area contributed by atoms with Gasteiger partial charge in [-0.05, 0) is 111 Å². The SMILES string of the molecule is [2H]C([2H])([2H])C(=CCC/C(C(=O)O)=C1\[C@@H](OC(C)=O)C[C@@]2(C)[C@@H]1C[C@@H](O)[C@@H]1[C@@]3(C)CC[C@@H](O)[C@@H](C)C3CC[C@@]12C)C([2H])([2H])[2H]. The van der Waals surface area contributed by atoms with E-state index in [1.807, 2.05) is 0 Å². The van der Waals surface area contributed by atoms with Crippen LogP contribution in [-0.2, 0) is 14.3 Å². The predicted molar refractivity (Wildman–Crippen MR) is 143 cm³/mol. The molecule has 4 rings (SSSR count). The van der Waals surface area contributed by atoms with E-state index in [9.17, 15) is 24.9 Å². The number of esters is 1. The number of carbonyl (C=O) groups excluding carboxylic acids is 1. The Balaban J connectivity index is 1.80. The minimum Gasteiger partial charge on any atom is -0.478 e. The summed E-state index contributed by atoms with van der Waals surface area (Å²) in [4.78, 5) is 25.1. The molecule has 4 aliphatic carbocycles. The van der Waals surface area contributed by atoms with Crippen molar-refractivity contribution in [2.75, 3.05) is 0 Å². The number of aliphatic hydroxyl groups excluding tert-OH is 2. The summed E-state index contributed by atoms with van der Waals surface area (Å²) in [6, 6.07) is 0. The molecule has 0 bridgehead atoms. The molecule has 0 aromatic carbocycles. The van der Waals surface area contributed by atoms with E-state index in [4.69, 9.17) is 13.0 Å². The van der Waals surface area contributed by atoms with Crippen molar-refractivity contribution in [2.24, 2.45) is 39.9 Å². The van der Waals surface area contributed by atoms with Crippen LogP contribution in [0.1, 0.15) is 108 Å². The molecule has 6 nitrogen and oxygen atoms in total. The molecule has 0 amide bonds. The molecule has 10 atom stereocenters. The largest absolute Gasteiger partial charge is 0.478 e. The molecule has 0 saturated heterocycles. The lowest BCUT2D eigenvalue weighted by Crippen LogP contribution is -2.65. The fourth-order valence-electron chi connectivity index (χ4n) is 9.64. The number of rotatable bonds is 5. The summed E-state index contributed by atoms with van der Waals surface area (Å²) < 4.78 is 51.7. The zero-order valence-corrected chi connectivity index (χ0v) is 22.8. The van der Waals surface area contributed by atoms with E-state index in [1.165, 1.54) is 6.92 Å². The molecule has 0 heterocycles. The third-order valence-electron chi connectivity index (χ3n) is 11.4. The Morgan fingerprint density at radius 3 is 2.43 bits per heavy atom. The average molecular weight is 523 g/mol. The molecule has 4 aliphatic rings. The van der Waals surface area contributed by atoms with Gasteiger partial charge in [-0.3, -0.25) is 4.79 Å². The first-order valence-electron chi connectivity index (χ1n) is 16.8. The van der Waals surface area contributed by atoms with Crippen molar-refractivity contribution < 1.29 is 37.9 Å². The fraction of sp³-hybridized carbons (Fsp3) is 0.806. The van der Waals surface area contributed by atoms with Gasteiger partial charge in [0, 0.05) is 20.7 Å². The molecule has 6 heteroatoms.